The van der Waals surface area contributed by atoms with Gasteiger partial charge in [0.1, 0.15) is 5.82 Å². The first kappa shape index (κ1) is 11.4. The van der Waals surface area contributed by atoms with Gasteiger partial charge in [-0.2, -0.15) is 0 Å². The van der Waals surface area contributed by atoms with Gasteiger partial charge in [0, 0.05) is 18.9 Å². The van der Waals surface area contributed by atoms with Gasteiger partial charge in [0.05, 0.1) is 11.4 Å². The van der Waals surface area contributed by atoms with Crippen LogP contribution in [0.15, 0.2) is 42.7 Å². The van der Waals surface area contributed by atoms with E-state index in [9.17, 15) is 4.39 Å². The number of hydrogen-bond acceptors (Lipinski definition) is 3. The molecule has 88 valence electrons. The van der Waals surface area contributed by atoms with Gasteiger partial charge in [-0.15, -0.1) is 0 Å². The van der Waals surface area contributed by atoms with Gasteiger partial charge < -0.3 is 11.1 Å². The van der Waals surface area contributed by atoms with Crippen molar-refractivity contribution in [1.29, 1.82) is 0 Å². The molecule has 0 saturated carbocycles. The molecule has 2 rings (SSSR count). The molecule has 0 amide bonds. The van der Waals surface area contributed by atoms with E-state index in [0.29, 0.717) is 5.69 Å². The number of nitrogens with two attached hydrogens (primary N) is 1. The van der Waals surface area contributed by atoms with Crippen LogP contribution in [-0.4, -0.2) is 11.5 Å². The summed E-state index contributed by atoms with van der Waals surface area (Å²) in [4.78, 5) is 4.04. The Morgan fingerprint density at radius 1 is 1.29 bits per heavy atom. The average Bonchev–Trinajstić information content (AvgIpc) is 2.33. The number of benzene rings is 1. The molecular formula is C13H14FN3. The first-order valence-corrected chi connectivity index (χ1v) is 5.43. The second-order valence-corrected chi connectivity index (χ2v) is 3.77. The molecule has 1 heterocycles. The maximum absolute atomic E-state index is 12.8. The zero-order valence-electron chi connectivity index (χ0n) is 9.36. The quantitative estimate of drug-likeness (QED) is 0.795. The molecule has 0 unspecified atom stereocenters. The lowest BCUT2D eigenvalue weighted by Gasteiger charge is -2.09. The third-order valence-corrected chi connectivity index (χ3v) is 2.47. The highest BCUT2D eigenvalue weighted by Gasteiger charge is 2.00. The molecule has 17 heavy (non-hydrogen) atoms. The number of aromatic nitrogens is 1. The molecular weight excluding hydrogens is 217 g/mol. The summed E-state index contributed by atoms with van der Waals surface area (Å²) in [5.74, 6) is -0.319. The van der Waals surface area contributed by atoms with E-state index < -0.39 is 0 Å². The highest BCUT2D eigenvalue weighted by atomic mass is 19.1. The zero-order chi connectivity index (χ0) is 12.1. The summed E-state index contributed by atoms with van der Waals surface area (Å²) in [5.41, 5.74) is 8.03. The van der Waals surface area contributed by atoms with Gasteiger partial charge in [-0.1, -0.05) is 6.07 Å². The van der Waals surface area contributed by atoms with Crippen molar-refractivity contribution in [1.82, 2.24) is 4.98 Å². The molecule has 3 nitrogen and oxygen atoms in total. The summed E-state index contributed by atoms with van der Waals surface area (Å²) in [5, 5.41) is 3.17. The van der Waals surface area contributed by atoms with Gasteiger partial charge in [-0.25, -0.2) is 4.39 Å². The molecule has 0 radical (unpaired) electrons. The van der Waals surface area contributed by atoms with Crippen LogP contribution in [0.1, 0.15) is 5.56 Å². The lowest BCUT2D eigenvalue weighted by atomic mass is 10.2. The fourth-order valence-corrected chi connectivity index (χ4v) is 1.58. The highest BCUT2D eigenvalue weighted by Crippen LogP contribution is 2.18. The maximum Gasteiger partial charge on any atom is 0.125 e. The van der Waals surface area contributed by atoms with Crippen molar-refractivity contribution in [3.63, 3.8) is 0 Å². The molecule has 2 aromatic rings. The second kappa shape index (κ2) is 5.30. The van der Waals surface area contributed by atoms with E-state index in [1.807, 2.05) is 18.3 Å². The monoisotopic (exact) mass is 231 g/mol. The number of anilines is 2. The molecule has 4 heteroatoms. The van der Waals surface area contributed by atoms with Crippen molar-refractivity contribution < 1.29 is 4.39 Å². The van der Waals surface area contributed by atoms with E-state index in [0.717, 1.165) is 24.2 Å². The number of rotatable bonds is 4. The Kier molecular flexibility index (Phi) is 3.55. The molecule has 3 N–H and O–H groups in total. The van der Waals surface area contributed by atoms with Crippen LogP contribution in [0.25, 0.3) is 0 Å². The largest absolute Gasteiger partial charge is 0.397 e. The Balaban J connectivity index is 1.90. The lowest BCUT2D eigenvalue weighted by molar-refractivity contribution is 0.628. The van der Waals surface area contributed by atoms with Crippen molar-refractivity contribution in [3.8, 4) is 0 Å². The molecule has 0 aliphatic rings. The second-order valence-electron chi connectivity index (χ2n) is 3.77. The fraction of sp³-hybridized carbons (Fsp3) is 0.154. The smallest absolute Gasteiger partial charge is 0.125 e. The van der Waals surface area contributed by atoms with Crippen LogP contribution in [0.2, 0.25) is 0 Å². The summed E-state index contributed by atoms with van der Waals surface area (Å²) in [6.07, 6.45) is 4.43. The van der Waals surface area contributed by atoms with Crippen LogP contribution in [0.4, 0.5) is 15.8 Å². The zero-order valence-corrected chi connectivity index (χ0v) is 9.36. The summed E-state index contributed by atoms with van der Waals surface area (Å²) in [6, 6.07) is 8.27. The normalized spacial score (nSPS) is 10.2. The van der Waals surface area contributed by atoms with Crippen molar-refractivity contribution in [2.45, 2.75) is 6.42 Å². The molecule has 0 bridgehead atoms. The molecule has 0 aliphatic heterocycles. The van der Waals surface area contributed by atoms with Crippen molar-refractivity contribution >= 4 is 11.4 Å². The van der Waals surface area contributed by atoms with Gasteiger partial charge >= 0.3 is 0 Å². The molecule has 0 atom stereocenters. The van der Waals surface area contributed by atoms with Gasteiger partial charge in [0.2, 0.25) is 0 Å². The van der Waals surface area contributed by atoms with E-state index in [1.54, 1.807) is 12.3 Å². The van der Waals surface area contributed by atoms with E-state index in [2.05, 4.69) is 10.3 Å². The molecule has 0 saturated heterocycles. The minimum absolute atomic E-state index is 0.319. The van der Waals surface area contributed by atoms with Gasteiger partial charge in [-0.3, -0.25) is 4.98 Å². The summed E-state index contributed by atoms with van der Waals surface area (Å²) in [6.45, 7) is 0.738. The van der Waals surface area contributed by atoms with Crippen LogP contribution < -0.4 is 11.1 Å². The van der Waals surface area contributed by atoms with E-state index in [1.165, 1.54) is 12.1 Å². The Morgan fingerprint density at radius 2 is 2.18 bits per heavy atom. The fourth-order valence-electron chi connectivity index (χ4n) is 1.58. The summed E-state index contributed by atoms with van der Waals surface area (Å²) in [7, 11) is 0. The van der Waals surface area contributed by atoms with Gasteiger partial charge in [0.25, 0.3) is 0 Å². The Labute approximate surface area is 99.5 Å². The summed E-state index contributed by atoms with van der Waals surface area (Å²) < 4.78 is 12.8. The third-order valence-electron chi connectivity index (χ3n) is 2.47. The first-order valence-electron chi connectivity index (χ1n) is 5.43. The van der Waals surface area contributed by atoms with Crippen molar-refractivity contribution in [2.75, 3.05) is 17.6 Å². The van der Waals surface area contributed by atoms with Crippen LogP contribution >= 0.6 is 0 Å². The predicted octanol–water partition coefficient (Wildman–Crippen LogP) is 2.46. The number of pyridine rings is 1. The van der Waals surface area contributed by atoms with Crippen molar-refractivity contribution in [2.24, 2.45) is 0 Å². The van der Waals surface area contributed by atoms with Crippen LogP contribution in [0.3, 0.4) is 0 Å². The third kappa shape index (κ3) is 3.17. The highest BCUT2D eigenvalue weighted by molar-refractivity contribution is 5.65. The maximum atomic E-state index is 12.8. The van der Waals surface area contributed by atoms with Crippen LogP contribution in [-0.2, 0) is 6.42 Å². The predicted molar refractivity (Wildman–Crippen MR) is 67.2 cm³/mol. The number of hydrogen-bond donors (Lipinski definition) is 2. The van der Waals surface area contributed by atoms with Gasteiger partial charge in [0.15, 0.2) is 0 Å². The Morgan fingerprint density at radius 3 is 2.88 bits per heavy atom. The molecule has 0 fully saturated rings. The first-order chi connectivity index (χ1) is 8.25. The molecule has 1 aromatic heterocycles. The van der Waals surface area contributed by atoms with E-state index in [4.69, 9.17) is 5.73 Å². The number of nitrogens with zero attached hydrogens (tertiary/aromatic N) is 1. The van der Waals surface area contributed by atoms with Crippen LogP contribution in [0.5, 0.6) is 0 Å². The lowest BCUT2D eigenvalue weighted by Crippen LogP contribution is -2.07. The van der Waals surface area contributed by atoms with Crippen LogP contribution in [0, 0.1) is 5.82 Å². The molecule has 0 aliphatic carbocycles. The van der Waals surface area contributed by atoms with Crippen molar-refractivity contribution in [3.05, 3.63) is 54.1 Å². The number of nitrogen functional groups attached to an aromatic ring is 1. The van der Waals surface area contributed by atoms with E-state index in [-0.39, 0.29) is 5.82 Å². The number of nitrogens with one attached hydrogen (secondary N) is 1. The standard InChI is InChI=1S/C13H14FN3/c14-11-3-4-13(12(15)8-11)17-7-5-10-2-1-6-16-9-10/h1-4,6,8-9,17H,5,7,15H2. The Hall–Kier alpha value is -2.10. The topological polar surface area (TPSA) is 50.9 Å². The molecule has 0 spiro atoms. The Bertz CT molecular complexity index is 485. The number of halogens is 1. The minimum atomic E-state index is -0.319. The van der Waals surface area contributed by atoms with Gasteiger partial charge in [-0.05, 0) is 36.2 Å². The molecule has 1 aromatic carbocycles. The summed E-state index contributed by atoms with van der Waals surface area (Å²) >= 11 is 0. The van der Waals surface area contributed by atoms with E-state index >= 15 is 0 Å². The minimum Gasteiger partial charge on any atom is -0.397 e. The SMILES string of the molecule is Nc1cc(F)ccc1NCCc1cccnc1. The average molecular weight is 231 g/mol.